The number of carboxylic acid groups (broad SMARTS) is 1. The zero-order valence-corrected chi connectivity index (χ0v) is 48.2. The molecule has 17 nitrogen and oxygen atoms in total. The molecule has 3 aliphatic heterocycles. The fraction of sp³-hybridized carbons (Fsp3) is 0.439. The topological polar surface area (TPSA) is 198 Å². The number of thioether (sulfide) groups is 1. The maximum absolute atomic E-state index is 14.3. The van der Waals surface area contributed by atoms with Gasteiger partial charge in [0.05, 0.1) is 22.8 Å². The van der Waals surface area contributed by atoms with E-state index in [9.17, 15) is 44.7 Å². The zero-order chi connectivity index (χ0) is 57.4. The van der Waals surface area contributed by atoms with Crippen LogP contribution in [0.4, 0.5) is 30.5 Å². The van der Waals surface area contributed by atoms with Crippen molar-refractivity contribution in [2.24, 2.45) is 5.41 Å². The van der Waals surface area contributed by atoms with Crippen molar-refractivity contribution in [1.82, 2.24) is 29.4 Å². The number of alkyl halides is 3. The zero-order valence-electron chi connectivity index (χ0n) is 45.0. The fourth-order valence-electron chi connectivity index (χ4n) is 11.0. The quantitative estimate of drug-likeness (QED) is 0.0626. The number of carbonyl (C=O) groups is 2. The number of benzene rings is 4. The van der Waals surface area contributed by atoms with E-state index in [-0.39, 0.29) is 16.5 Å². The summed E-state index contributed by atoms with van der Waals surface area (Å²) in [7, 11) is -11.0. The highest BCUT2D eigenvalue weighted by Crippen LogP contribution is 2.44. The molecule has 4 aliphatic rings. The predicted octanol–water partition coefficient (Wildman–Crippen LogP) is 8.51. The number of sulfonamides is 1. The Labute approximate surface area is 480 Å². The molecule has 5 aromatic rings. The summed E-state index contributed by atoms with van der Waals surface area (Å²) in [6.07, 6.45) is 6.80. The Morgan fingerprint density at radius 3 is 2.16 bits per heavy atom. The maximum Gasteiger partial charge on any atom is 0.501 e. The normalized spacial score (nSPS) is 19.7. The Hall–Kier alpha value is -5.79. The molecular formula is C57H67ClF3N9O8S3. The molecule has 2 atom stereocenters. The number of anilines is 3. The van der Waals surface area contributed by atoms with E-state index in [0.717, 1.165) is 107 Å². The molecule has 0 saturated carbocycles. The van der Waals surface area contributed by atoms with Crippen molar-refractivity contribution in [3.05, 3.63) is 137 Å². The number of aromatic nitrogens is 2. The van der Waals surface area contributed by atoms with Crippen LogP contribution in [0.3, 0.4) is 0 Å². The molecular weight excluding hydrogens is 1130 g/mol. The number of carboxylic acids is 1. The Bertz CT molecular complexity index is 3230. The number of amides is 1. The fourth-order valence-corrected chi connectivity index (χ4v) is 14.1. The lowest BCUT2D eigenvalue weighted by Crippen LogP contribution is -2.50. The van der Waals surface area contributed by atoms with Crippen LogP contribution in [-0.2, 0) is 24.6 Å². The minimum Gasteiger partial charge on any atom is -0.478 e. The number of piperazine rings is 2. The molecule has 0 spiro atoms. The number of allylic oxidation sites excluding steroid dienone is 1. The summed E-state index contributed by atoms with van der Waals surface area (Å²) in [6, 6.07) is 25.7. The lowest BCUT2D eigenvalue weighted by Gasteiger charge is -2.44. The average Bonchev–Trinajstić information content (AvgIpc) is 3.84. The molecule has 1 aromatic heterocycles. The van der Waals surface area contributed by atoms with Crippen molar-refractivity contribution in [1.29, 1.82) is 0 Å². The third kappa shape index (κ3) is 15.5. The van der Waals surface area contributed by atoms with Crippen molar-refractivity contribution in [2.75, 3.05) is 119 Å². The summed E-state index contributed by atoms with van der Waals surface area (Å²) in [5.74, 6) is -1.22. The molecule has 3 saturated heterocycles. The van der Waals surface area contributed by atoms with Crippen molar-refractivity contribution >= 4 is 78.0 Å². The number of sulfone groups is 1. The van der Waals surface area contributed by atoms with Crippen molar-refractivity contribution in [2.45, 2.75) is 65.3 Å². The number of halogens is 4. The van der Waals surface area contributed by atoms with Crippen LogP contribution in [0.2, 0.25) is 5.02 Å². The molecule has 1 amide bonds. The number of carbonyl (C=O) groups excluding carboxylic acids is 1. The summed E-state index contributed by atoms with van der Waals surface area (Å²) >= 11 is 7.77. The van der Waals surface area contributed by atoms with Gasteiger partial charge in [0, 0.05) is 137 Å². The summed E-state index contributed by atoms with van der Waals surface area (Å²) in [5.41, 5.74) is -1.40. The van der Waals surface area contributed by atoms with Crippen LogP contribution in [0.5, 0.6) is 0 Å². The van der Waals surface area contributed by atoms with E-state index in [1.165, 1.54) is 53.0 Å². The highest BCUT2D eigenvalue weighted by molar-refractivity contribution is 7.99. The molecule has 3 N–H and O–H groups in total. The van der Waals surface area contributed by atoms with E-state index >= 15 is 0 Å². The van der Waals surface area contributed by atoms with Gasteiger partial charge in [-0.3, -0.25) is 14.6 Å². The van der Waals surface area contributed by atoms with Crippen LogP contribution in [0.1, 0.15) is 65.3 Å². The highest BCUT2D eigenvalue weighted by Gasteiger charge is 2.48. The highest BCUT2D eigenvalue weighted by atomic mass is 35.5. The van der Waals surface area contributed by atoms with E-state index in [4.69, 9.17) is 16.3 Å². The smallest absolute Gasteiger partial charge is 0.478 e. The Balaban J connectivity index is 0.827. The van der Waals surface area contributed by atoms with Crippen molar-refractivity contribution in [3.8, 4) is 0 Å². The van der Waals surface area contributed by atoms with Gasteiger partial charge >= 0.3 is 11.5 Å². The largest absolute Gasteiger partial charge is 0.501 e. The monoisotopic (exact) mass is 1190 g/mol. The minimum atomic E-state index is -6.09. The lowest BCUT2D eigenvalue weighted by molar-refractivity contribution is -0.0436. The molecule has 9 rings (SSSR count). The molecule has 1 aliphatic carbocycles. The number of nitrogens with zero attached hydrogens (tertiary/aromatic N) is 7. The molecule has 4 heterocycles. The van der Waals surface area contributed by atoms with Gasteiger partial charge in [-0.2, -0.15) is 13.2 Å². The first-order valence-corrected chi connectivity index (χ1v) is 31.4. The number of ether oxygens (including phenoxy) is 1. The van der Waals surface area contributed by atoms with Crippen LogP contribution >= 0.6 is 23.4 Å². The van der Waals surface area contributed by atoms with Gasteiger partial charge in [-0.15, -0.1) is 11.8 Å². The predicted molar refractivity (Wildman–Crippen MR) is 308 cm³/mol. The summed E-state index contributed by atoms with van der Waals surface area (Å²) in [6.45, 7) is 13.2. The van der Waals surface area contributed by atoms with Gasteiger partial charge < -0.3 is 29.9 Å². The number of rotatable bonds is 20. The molecule has 24 heteroatoms. The molecule has 4 aromatic carbocycles. The molecule has 1 unspecified atom stereocenters. The summed E-state index contributed by atoms with van der Waals surface area (Å²) in [5, 5.41) is 13.0. The first-order valence-electron chi connectivity index (χ1n) is 27.1. The van der Waals surface area contributed by atoms with E-state index in [0.29, 0.717) is 68.6 Å². The van der Waals surface area contributed by atoms with Gasteiger partial charge in [0.25, 0.3) is 25.8 Å². The van der Waals surface area contributed by atoms with Crippen molar-refractivity contribution < 1.29 is 49.4 Å². The van der Waals surface area contributed by atoms with E-state index < -0.39 is 58.8 Å². The van der Waals surface area contributed by atoms with Crippen LogP contribution in [0.25, 0.3) is 5.57 Å². The van der Waals surface area contributed by atoms with Gasteiger partial charge in [0.2, 0.25) is 5.95 Å². The molecule has 0 bridgehead atoms. The third-order valence-corrected chi connectivity index (χ3v) is 19.7. The van der Waals surface area contributed by atoms with Gasteiger partial charge in [0.1, 0.15) is 4.90 Å². The Kier molecular flexibility index (Phi) is 19.3. The van der Waals surface area contributed by atoms with E-state index in [2.05, 4.69) is 58.8 Å². The number of hydrogen-bond acceptors (Lipinski definition) is 16. The van der Waals surface area contributed by atoms with E-state index in [1.54, 1.807) is 12.1 Å². The second-order valence-corrected chi connectivity index (χ2v) is 26.5. The summed E-state index contributed by atoms with van der Waals surface area (Å²) < 4.78 is 104. The van der Waals surface area contributed by atoms with Crippen LogP contribution in [-0.4, -0.2) is 174 Å². The Morgan fingerprint density at radius 2 is 1.48 bits per heavy atom. The first kappa shape index (κ1) is 59.8. The molecule has 0 radical (unpaired) electrons. The van der Waals surface area contributed by atoms with Crippen molar-refractivity contribution in [3.63, 3.8) is 0 Å². The lowest BCUT2D eigenvalue weighted by atomic mass is 9.71. The number of hydrogen-bond donors (Lipinski definition) is 3. The van der Waals surface area contributed by atoms with Crippen LogP contribution < -0.4 is 19.8 Å². The minimum absolute atomic E-state index is 0.0241. The number of aromatic carboxylic acids is 1. The second-order valence-electron chi connectivity index (χ2n) is 21.3. The molecule has 3 fully saturated rings. The van der Waals surface area contributed by atoms with Gasteiger partial charge in [-0.25, -0.2) is 36.3 Å². The molecule has 434 valence electrons. The van der Waals surface area contributed by atoms with E-state index in [1.807, 2.05) is 47.2 Å². The first-order chi connectivity index (χ1) is 38.7. The van der Waals surface area contributed by atoms with Gasteiger partial charge in [0.15, 0.2) is 0 Å². The third-order valence-electron chi connectivity index (χ3n) is 15.4. The summed E-state index contributed by atoms with van der Waals surface area (Å²) in [4.78, 5) is 43.7. The average molecular weight is 1190 g/mol. The van der Waals surface area contributed by atoms with Crippen LogP contribution in [0, 0.1) is 5.41 Å². The standard InChI is InChI=1S/C57H67ClF3N9O8S3/c1-56(40-68-25-29-70(30-26-68)55-62-36-44(37-63-55)54(72)73)20-18-50(41-8-12-45(58)13-9-41)43(35-56)38-67-23-27-69(28-24-67)47-14-10-42(11-15-47)53(71)65-81(76,77)49-16-17-51(52(34-49)80(74,75)57(59,60)61)64-46(39-79-48-6-3-2-4-7-48)19-22-66-21-5-32-78-33-31-66/h2-4,6-17,34,36-37,46,64H,5,18-33,35,38-40H2,1H3,(H,65,71)(H,72,73)/t46?,56-/m1/s1. The second kappa shape index (κ2) is 26.2. The maximum atomic E-state index is 14.3. The Morgan fingerprint density at radius 1 is 0.802 bits per heavy atom. The van der Waals surface area contributed by atoms with Gasteiger partial charge in [-0.05, 0) is 115 Å². The SMILES string of the molecule is C[C@@]1(CN2CCN(c3ncc(C(=O)O)cn3)CC2)CCC(c2ccc(Cl)cc2)=C(CN2CCN(c3ccc(C(=O)NS(=O)(=O)c4ccc(NC(CCN5CCCOCC5)CSc5ccccc5)c(S(=O)(=O)C(F)(F)F)c4)cc3)CC2)C1. The van der Waals surface area contributed by atoms with Gasteiger partial charge in [-0.1, -0.05) is 54.4 Å². The van der Waals surface area contributed by atoms with Crippen LogP contribution in [0.15, 0.2) is 130 Å². The number of nitrogens with one attached hydrogen (secondary N) is 2. The molecule has 81 heavy (non-hydrogen) atoms.